The zero-order chi connectivity index (χ0) is 15.9. The number of nitrogens with one attached hydrogen (secondary N) is 1. The van der Waals surface area contributed by atoms with Crippen molar-refractivity contribution >= 4 is 5.91 Å². The number of hydrogen-bond donors (Lipinski definition) is 2. The summed E-state index contributed by atoms with van der Waals surface area (Å²) < 4.78 is 18.9. The number of amides is 1. The number of phenols is 1. The van der Waals surface area contributed by atoms with E-state index in [0.717, 1.165) is 0 Å². The summed E-state index contributed by atoms with van der Waals surface area (Å²) >= 11 is 0. The Morgan fingerprint density at radius 2 is 1.91 bits per heavy atom. The number of rotatable bonds is 6. The van der Waals surface area contributed by atoms with E-state index in [9.17, 15) is 14.3 Å². The van der Waals surface area contributed by atoms with Crippen LogP contribution in [0.1, 0.15) is 12.5 Å². The van der Waals surface area contributed by atoms with Crippen LogP contribution < -0.4 is 10.1 Å². The quantitative estimate of drug-likeness (QED) is 0.862. The lowest BCUT2D eigenvalue weighted by Gasteiger charge is -2.16. The van der Waals surface area contributed by atoms with E-state index in [1.54, 1.807) is 37.3 Å². The zero-order valence-electron chi connectivity index (χ0n) is 12.3. The van der Waals surface area contributed by atoms with Gasteiger partial charge in [0.05, 0.1) is 13.0 Å². The first-order chi connectivity index (χ1) is 10.6. The second kappa shape index (κ2) is 7.45. The summed E-state index contributed by atoms with van der Waals surface area (Å²) in [5.74, 6) is -0.418. The molecule has 0 spiro atoms. The molecule has 0 unspecified atom stereocenters. The molecule has 0 aromatic heterocycles. The first-order valence-electron chi connectivity index (χ1n) is 7.01. The van der Waals surface area contributed by atoms with E-state index in [4.69, 9.17) is 4.74 Å². The number of carbonyl (C=O) groups excluding carboxylic acids is 1. The highest BCUT2D eigenvalue weighted by Gasteiger charge is 2.11. The van der Waals surface area contributed by atoms with Crippen LogP contribution >= 0.6 is 0 Å². The summed E-state index contributed by atoms with van der Waals surface area (Å²) in [6, 6.07) is 12.8. The van der Waals surface area contributed by atoms with Gasteiger partial charge >= 0.3 is 0 Å². The second-order valence-electron chi connectivity index (χ2n) is 4.97. The van der Waals surface area contributed by atoms with Crippen molar-refractivity contribution < 1.29 is 19.0 Å². The van der Waals surface area contributed by atoms with Crippen LogP contribution in [-0.2, 0) is 11.2 Å². The molecule has 0 radical (unpaired) electrons. The average molecular weight is 303 g/mol. The van der Waals surface area contributed by atoms with Crippen LogP contribution in [0.25, 0.3) is 0 Å². The van der Waals surface area contributed by atoms with Gasteiger partial charge in [0.1, 0.15) is 11.9 Å². The minimum Gasteiger partial charge on any atom is -0.508 e. The first kappa shape index (κ1) is 15.8. The minimum atomic E-state index is -0.435. The first-order valence-corrected chi connectivity index (χ1v) is 7.01. The third-order valence-electron chi connectivity index (χ3n) is 3.09. The van der Waals surface area contributed by atoms with Crippen molar-refractivity contribution in [1.29, 1.82) is 0 Å². The van der Waals surface area contributed by atoms with Crippen molar-refractivity contribution in [2.75, 3.05) is 6.54 Å². The summed E-state index contributed by atoms with van der Waals surface area (Å²) in [5, 5.41) is 12.3. The Hall–Kier alpha value is -2.56. The van der Waals surface area contributed by atoms with E-state index >= 15 is 0 Å². The molecule has 5 heteroatoms. The molecule has 2 aromatic carbocycles. The molecule has 0 heterocycles. The van der Waals surface area contributed by atoms with Gasteiger partial charge in [0.2, 0.25) is 5.91 Å². The third-order valence-corrected chi connectivity index (χ3v) is 3.09. The molecule has 1 atom stereocenters. The maximum absolute atomic E-state index is 13.4. The Balaban J connectivity index is 1.81. The SMILES string of the molecule is C[C@@H](CNC(=O)Cc1ccccc1O)Oc1ccccc1F. The van der Waals surface area contributed by atoms with Crippen molar-refractivity contribution in [2.45, 2.75) is 19.4 Å². The van der Waals surface area contributed by atoms with Crippen LogP contribution in [0.5, 0.6) is 11.5 Å². The van der Waals surface area contributed by atoms with Gasteiger partial charge in [0.25, 0.3) is 0 Å². The normalized spacial score (nSPS) is 11.7. The molecule has 0 saturated carbocycles. The van der Waals surface area contributed by atoms with E-state index in [2.05, 4.69) is 5.32 Å². The van der Waals surface area contributed by atoms with Crippen molar-refractivity contribution in [3.05, 3.63) is 59.9 Å². The van der Waals surface area contributed by atoms with E-state index in [0.29, 0.717) is 5.56 Å². The van der Waals surface area contributed by atoms with Crippen molar-refractivity contribution in [3.8, 4) is 11.5 Å². The van der Waals surface area contributed by atoms with Crippen LogP contribution in [-0.4, -0.2) is 23.7 Å². The minimum absolute atomic E-state index is 0.0824. The molecule has 0 bridgehead atoms. The Morgan fingerprint density at radius 1 is 1.23 bits per heavy atom. The number of aromatic hydroxyl groups is 1. The topological polar surface area (TPSA) is 58.6 Å². The molecule has 4 nitrogen and oxygen atoms in total. The Labute approximate surface area is 128 Å². The summed E-state index contributed by atoms with van der Waals surface area (Å²) in [7, 11) is 0. The number of benzene rings is 2. The molecule has 0 aliphatic rings. The fourth-order valence-electron chi connectivity index (χ4n) is 1.95. The molecule has 0 aliphatic carbocycles. The van der Waals surface area contributed by atoms with Gasteiger partial charge in [-0.2, -0.15) is 0 Å². The summed E-state index contributed by atoms with van der Waals surface area (Å²) in [4.78, 5) is 11.8. The smallest absolute Gasteiger partial charge is 0.224 e. The molecule has 22 heavy (non-hydrogen) atoms. The van der Waals surface area contributed by atoms with E-state index in [-0.39, 0.29) is 36.5 Å². The average Bonchev–Trinajstić information content (AvgIpc) is 2.50. The number of carbonyl (C=O) groups is 1. The molecule has 0 aliphatic heterocycles. The lowest BCUT2D eigenvalue weighted by atomic mass is 10.1. The zero-order valence-corrected chi connectivity index (χ0v) is 12.3. The second-order valence-corrected chi connectivity index (χ2v) is 4.97. The van der Waals surface area contributed by atoms with Gasteiger partial charge in [0, 0.05) is 5.56 Å². The molecule has 116 valence electrons. The van der Waals surface area contributed by atoms with Crippen LogP contribution in [0.15, 0.2) is 48.5 Å². The lowest BCUT2D eigenvalue weighted by Crippen LogP contribution is -2.34. The van der Waals surface area contributed by atoms with Gasteiger partial charge in [-0.1, -0.05) is 30.3 Å². The molecular weight excluding hydrogens is 285 g/mol. The van der Waals surface area contributed by atoms with Crippen LogP contribution in [0.4, 0.5) is 4.39 Å². The molecule has 2 rings (SSSR count). The molecule has 2 N–H and O–H groups in total. The standard InChI is InChI=1S/C17H18FNO3/c1-12(22-16-9-5-3-7-14(16)18)11-19-17(21)10-13-6-2-4-8-15(13)20/h2-9,12,20H,10-11H2,1H3,(H,19,21)/t12-/m0/s1. The molecular formula is C17H18FNO3. The number of phenolic OH excluding ortho intramolecular Hbond substituents is 1. The molecule has 0 saturated heterocycles. The Morgan fingerprint density at radius 3 is 2.64 bits per heavy atom. The van der Waals surface area contributed by atoms with E-state index in [1.165, 1.54) is 18.2 Å². The number of halogens is 1. The predicted octanol–water partition coefficient (Wildman–Crippen LogP) is 2.66. The van der Waals surface area contributed by atoms with E-state index < -0.39 is 5.82 Å². The maximum atomic E-state index is 13.4. The van der Waals surface area contributed by atoms with Gasteiger partial charge in [0.15, 0.2) is 11.6 Å². The predicted molar refractivity (Wildman–Crippen MR) is 81.3 cm³/mol. The number of para-hydroxylation sites is 2. The summed E-state index contributed by atoms with van der Waals surface area (Å²) in [6.07, 6.45) is -0.288. The van der Waals surface area contributed by atoms with Gasteiger partial charge in [-0.25, -0.2) is 4.39 Å². The largest absolute Gasteiger partial charge is 0.508 e. The fourth-order valence-corrected chi connectivity index (χ4v) is 1.95. The monoisotopic (exact) mass is 303 g/mol. The van der Waals surface area contributed by atoms with Crippen molar-refractivity contribution in [1.82, 2.24) is 5.32 Å². The van der Waals surface area contributed by atoms with Crippen LogP contribution in [0, 0.1) is 5.82 Å². The summed E-state index contributed by atoms with van der Waals surface area (Å²) in [5.41, 5.74) is 0.558. The molecule has 0 fully saturated rings. The third kappa shape index (κ3) is 4.48. The fraction of sp³-hybridized carbons (Fsp3) is 0.235. The Kier molecular flexibility index (Phi) is 5.36. The highest BCUT2D eigenvalue weighted by molar-refractivity contribution is 5.79. The van der Waals surface area contributed by atoms with Gasteiger partial charge in [-0.3, -0.25) is 4.79 Å². The van der Waals surface area contributed by atoms with Crippen molar-refractivity contribution in [2.24, 2.45) is 0 Å². The van der Waals surface area contributed by atoms with Gasteiger partial charge in [-0.15, -0.1) is 0 Å². The maximum Gasteiger partial charge on any atom is 0.224 e. The van der Waals surface area contributed by atoms with Gasteiger partial charge in [-0.05, 0) is 25.1 Å². The highest BCUT2D eigenvalue weighted by atomic mass is 19.1. The lowest BCUT2D eigenvalue weighted by molar-refractivity contribution is -0.120. The molecule has 2 aromatic rings. The number of hydrogen-bond acceptors (Lipinski definition) is 3. The summed E-state index contributed by atoms with van der Waals surface area (Å²) in [6.45, 7) is 1.99. The van der Waals surface area contributed by atoms with E-state index in [1.807, 2.05) is 0 Å². The van der Waals surface area contributed by atoms with Gasteiger partial charge < -0.3 is 15.2 Å². The van der Waals surface area contributed by atoms with Crippen LogP contribution in [0.3, 0.4) is 0 Å². The Bertz CT molecular complexity index is 645. The number of ether oxygens (including phenoxy) is 1. The van der Waals surface area contributed by atoms with Crippen LogP contribution in [0.2, 0.25) is 0 Å². The molecule has 1 amide bonds. The van der Waals surface area contributed by atoms with Crippen molar-refractivity contribution in [3.63, 3.8) is 0 Å². The highest BCUT2D eigenvalue weighted by Crippen LogP contribution is 2.17.